The van der Waals surface area contributed by atoms with E-state index >= 15 is 0 Å². The van der Waals surface area contributed by atoms with Gasteiger partial charge in [0.05, 0.1) is 0 Å². The van der Waals surface area contributed by atoms with Crippen LogP contribution >= 0.6 is 0 Å². The molecule has 2 heterocycles. The van der Waals surface area contributed by atoms with Crippen LogP contribution in [0.15, 0.2) is 191 Å². The Labute approximate surface area is 299 Å². The Bertz CT molecular complexity index is 3120. The van der Waals surface area contributed by atoms with Crippen molar-refractivity contribution < 1.29 is 8.83 Å². The highest BCUT2D eigenvalue weighted by Crippen LogP contribution is 2.49. The second-order valence-corrected chi connectivity index (χ2v) is 13.5. The molecule has 0 spiro atoms. The third-order valence-corrected chi connectivity index (χ3v) is 10.7. The second kappa shape index (κ2) is 11.3. The topological polar surface area (TPSA) is 26.3 Å². The standard InChI is InChI=1S/C50H30O2/c1-2-14-31(15-3-1)33-16-4-5-17-34(33)40-27-28-42(49-41-23-11-13-25-45(41)52-50(40)49)48-38-21-8-6-19-36(38)47(37-20-7-9-22-39(37)48)32-26-29-46-43(30-32)35-18-10-12-24-44(35)51-46/h1-30H. The van der Waals surface area contributed by atoms with Crippen LogP contribution in [0, 0.1) is 0 Å². The van der Waals surface area contributed by atoms with Crippen molar-refractivity contribution in [3.05, 3.63) is 182 Å². The van der Waals surface area contributed by atoms with Crippen molar-refractivity contribution in [1.29, 1.82) is 0 Å². The Kier molecular flexibility index (Phi) is 6.28. The first kappa shape index (κ1) is 28.9. The van der Waals surface area contributed by atoms with E-state index in [9.17, 15) is 0 Å². The molecule has 0 saturated heterocycles. The summed E-state index contributed by atoms with van der Waals surface area (Å²) in [5.74, 6) is 0. The summed E-state index contributed by atoms with van der Waals surface area (Å²) in [5.41, 5.74) is 13.0. The van der Waals surface area contributed by atoms with Gasteiger partial charge in [-0.25, -0.2) is 0 Å². The van der Waals surface area contributed by atoms with Crippen molar-refractivity contribution in [3.63, 3.8) is 0 Å². The summed E-state index contributed by atoms with van der Waals surface area (Å²) in [6.45, 7) is 0. The van der Waals surface area contributed by atoms with E-state index < -0.39 is 0 Å². The number of furan rings is 2. The summed E-state index contributed by atoms with van der Waals surface area (Å²) < 4.78 is 13.1. The van der Waals surface area contributed by atoms with E-state index in [1.165, 1.54) is 49.4 Å². The number of rotatable bonds is 4. The normalized spacial score (nSPS) is 11.8. The summed E-state index contributed by atoms with van der Waals surface area (Å²) in [6, 6.07) is 64.9. The van der Waals surface area contributed by atoms with E-state index in [0.29, 0.717) is 0 Å². The first-order valence-corrected chi connectivity index (χ1v) is 17.8. The minimum atomic E-state index is 0.884. The van der Waals surface area contributed by atoms with Gasteiger partial charge < -0.3 is 8.83 Å². The van der Waals surface area contributed by atoms with E-state index in [-0.39, 0.29) is 0 Å². The fourth-order valence-electron chi connectivity index (χ4n) is 8.45. The van der Waals surface area contributed by atoms with E-state index in [2.05, 4.69) is 170 Å². The predicted molar refractivity (Wildman–Crippen MR) is 218 cm³/mol. The molecule has 0 amide bonds. The van der Waals surface area contributed by atoms with Gasteiger partial charge in [-0.05, 0) is 90.8 Å². The van der Waals surface area contributed by atoms with E-state index in [1.807, 2.05) is 12.1 Å². The molecule has 0 bridgehead atoms. The molecule has 0 N–H and O–H groups in total. The summed E-state index contributed by atoms with van der Waals surface area (Å²) in [7, 11) is 0. The average Bonchev–Trinajstić information content (AvgIpc) is 3.79. The number of fused-ring (bicyclic) bond motifs is 8. The van der Waals surface area contributed by atoms with Crippen molar-refractivity contribution in [2.45, 2.75) is 0 Å². The van der Waals surface area contributed by atoms with Crippen LogP contribution in [0.25, 0.3) is 110 Å². The Balaban J connectivity index is 1.23. The molecule has 0 atom stereocenters. The number of para-hydroxylation sites is 2. The maximum Gasteiger partial charge on any atom is 0.143 e. The zero-order chi connectivity index (χ0) is 34.2. The third kappa shape index (κ3) is 4.25. The molecule has 2 heteroatoms. The molecule has 0 aliphatic heterocycles. The number of hydrogen-bond donors (Lipinski definition) is 0. The van der Waals surface area contributed by atoms with Crippen LogP contribution in [0.5, 0.6) is 0 Å². The monoisotopic (exact) mass is 662 g/mol. The molecule has 0 aliphatic rings. The minimum absolute atomic E-state index is 0.884. The van der Waals surface area contributed by atoms with Crippen LogP contribution in [-0.2, 0) is 0 Å². The summed E-state index contributed by atoms with van der Waals surface area (Å²) in [5, 5.41) is 9.34. The Hall–Kier alpha value is -6.90. The smallest absolute Gasteiger partial charge is 0.143 e. The van der Waals surface area contributed by atoms with Gasteiger partial charge in [-0.15, -0.1) is 0 Å². The molecular formula is C50H30O2. The van der Waals surface area contributed by atoms with Crippen molar-refractivity contribution >= 4 is 65.4 Å². The lowest BCUT2D eigenvalue weighted by molar-refractivity contribution is 0.669. The van der Waals surface area contributed by atoms with E-state index in [1.54, 1.807) is 0 Å². The van der Waals surface area contributed by atoms with E-state index in [0.717, 1.165) is 60.6 Å². The highest BCUT2D eigenvalue weighted by molar-refractivity contribution is 6.27. The maximum absolute atomic E-state index is 6.87. The molecule has 9 aromatic carbocycles. The molecule has 0 aliphatic carbocycles. The van der Waals surface area contributed by atoms with E-state index in [4.69, 9.17) is 8.83 Å². The second-order valence-electron chi connectivity index (χ2n) is 13.5. The molecule has 242 valence electrons. The molecule has 52 heavy (non-hydrogen) atoms. The first-order chi connectivity index (χ1) is 25.8. The lowest BCUT2D eigenvalue weighted by Gasteiger charge is -2.19. The summed E-state index contributed by atoms with van der Waals surface area (Å²) in [6.07, 6.45) is 0. The molecule has 0 radical (unpaired) electrons. The fraction of sp³-hybridized carbons (Fsp3) is 0. The highest BCUT2D eigenvalue weighted by Gasteiger charge is 2.23. The van der Waals surface area contributed by atoms with Gasteiger partial charge in [0.1, 0.15) is 22.3 Å². The molecule has 0 unspecified atom stereocenters. The van der Waals surface area contributed by atoms with Crippen LogP contribution < -0.4 is 0 Å². The molecule has 11 aromatic rings. The zero-order valence-corrected chi connectivity index (χ0v) is 28.1. The molecule has 2 aromatic heterocycles. The zero-order valence-electron chi connectivity index (χ0n) is 28.1. The van der Waals surface area contributed by atoms with Gasteiger partial charge >= 0.3 is 0 Å². The van der Waals surface area contributed by atoms with Gasteiger partial charge in [0.2, 0.25) is 0 Å². The summed E-state index contributed by atoms with van der Waals surface area (Å²) in [4.78, 5) is 0. The van der Waals surface area contributed by atoms with Gasteiger partial charge in [0, 0.05) is 27.1 Å². The average molecular weight is 663 g/mol. The van der Waals surface area contributed by atoms with Gasteiger partial charge in [0.25, 0.3) is 0 Å². The van der Waals surface area contributed by atoms with Crippen LogP contribution in [0.2, 0.25) is 0 Å². The number of benzene rings is 9. The molecule has 0 saturated carbocycles. The SMILES string of the molecule is c1ccc(-c2ccccc2-c2ccc(-c3c4ccccc4c(-c4ccc5oc6ccccc6c5c4)c4ccccc34)c3c2oc2ccccc23)cc1. The van der Waals surface area contributed by atoms with Crippen molar-refractivity contribution in [1.82, 2.24) is 0 Å². The van der Waals surface area contributed by atoms with Gasteiger partial charge in [0.15, 0.2) is 0 Å². The highest BCUT2D eigenvalue weighted by atomic mass is 16.3. The fourth-order valence-corrected chi connectivity index (χ4v) is 8.45. The predicted octanol–water partition coefficient (Wildman–Crippen LogP) is 14.5. The maximum atomic E-state index is 6.87. The quantitative estimate of drug-likeness (QED) is 0.175. The minimum Gasteiger partial charge on any atom is -0.456 e. The number of hydrogen-bond acceptors (Lipinski definition) is 2. The third-order valence-electron chi connectivity index (χ3n) is 10.7. The lowest BCUT2D eigenvalue weighted by atomic mass is 9.84. The van der Waals surface area contributed by atoms with Crippen LogP contribution in [-0.4, -0.2) is 0 Å². The molecule has 11 rings (SSSR count). The van der Waals surface area contributed by atoms with Crippen LogP contribution in [0.3, 0.4) is 0 Å². The van der Waals surface area contributed by atoms with Crippen molar-refractivity contribution in [3.8, 4) is 44.5 Å². The Morgan fingerprint density at radius 1 is 0.269 bits per heavy atom. The summed E-state index contributed by atoms with van der Waals surface area (Å²) >= 11 is 0. The van der Waals surface area contributed by atoms with Crippen molar-refractivity contribution in [2.75, 3.05) is 0 Å². The first-order valence-electron chi connectivity index (χ1n) is 17.8. The largest absolute Gasteiger partial charge is 0.456 e. The van der Waals surface area contributed by atoms with Crippen molar-refractivity contribution in [2.24, 2.45) is 0 Å². The lowest BCUT2D eigenvalue weighted by Crippen LogP contribution is -1.92. The van der Waals surface area contributed by atoms with Crippen LogP contribution in [0.1, 0.15) is 0 Å². The molecule has 2 nitrogen and oxygen atoms in total. The van der Waals surface area contributed by atoms with Gasteiger partial charge in [-0.3, -0.25) is 0 Å². The molecule has 0 fully saturated rings. The Morgan fingerprint density at radius 2 is 0.788 bits per heavy atom. The van der Waals surface area contributed by atoms with Gasteiger partial charge in [-0.1, -0.05) is 152 Å². The van der Waals surface area contributed by atoms with Gasteiger partial charge in [-0.2, -0.15) is 0 Å². The van der Waals surface area contributed by atoms with Crippen LogP contribution in [0.4, 0.5) is 0 Å². The Morgan fingerprint density at radius 3 is 1.50 bits per heavy atom. The molecular weight excluding hydrogens is 633 g/mol.